The Morgan fingerprint density at radius 1 is 0.585 bits per heavy atom. The van der Waals surface area contributed by atoms with Gasteiger partial charge in [0.2, 0.25) is 0 Å². The molecule has 0 saturated carbocycles. The zero-order valence-electron chi connectivity index (χ0n) is 35.2. The molecule has 0 bridgehead atoms. The van der Waals surface area contributed by atoms with E-state index in [1.807, 2.05) is 12.2 Å². The minimum atomic E-state index is -1.13. The summed E-state index contributed by atoms with van der Waals surface area (Å²) in [5.74, 6) is -1.82. The second kappa shape index (κ2) is 36.8. The summed E-state index contributed by atoms with van der Waals surface area (Å²) in [4.78, 5) is 36.6. The van der Waals surface area contributed by atoms with Crippen molar-refractivity contribution in [3.8, 4) is 0 Å². The zero-order valence-corrected chi connectivity index (χ0v) is 35.2. The maximum atomic E-state index is 12.5. The van der Waals surface area contributed by atoms with E-state index in [1.54, 1.807) is 21.1 Å². The number of unbranched alkanes of at least 4 members (excludes halogenated alkanes) is 21. The number of carboxylic acids is 1. The minimum Gasteiger partial charge on any atom is -0.544 e. The van der Waals surface area contributed by atoms with Crippen LogP contribution in [0, 0.1) is 0 Å². The van der Waals surface area contributed by atoms with Gasteiger partial charge in [0.15, 0.2) is 6.10 Å². The SMILES string of the molecule is CC/C=C/C/C=C/CCC(=O)OC(COCCC(C(=O)[O-])[N+](C)(C)C)COC(=O)CCCCCCCCCCCCCCCCCCCCCCCC. The summed E-state index contributed by atoms with van der Waals surface area (Å²) in [6, 6.07) is -0.730. The summed E-state index contributed by atoms with van der Waals surface area (Å²) in [5.41, 5.74) is 0. The number of allylic oxidation sites excluding steroid dienone is 4. The highest BCUT2D eigenvalue weighted by molar-refractivity contribution is 5.70. The molecule has 0 fully saturated rings. The van der Waals surface area contributed by atoms with E-state index >= 15 is 0 Å². The molecule has 2 unspecified atom stereocenters. The Hall–Kier alpha value is -2.19. The van der Waals surface area contributed by atoms with Gasteiger partial charge in [0.25, 0.3) is 0 Å². The standard InChI is InChI=1S/C45H83NO7/c1-6-8-10-12-14-15-16-17-18-19-20-21-22-23-24-25-26-27-28-30-31-33-35-43(47)52-40-41(39-51-38-37-42(45(49)50)46(3,4)5)53-44(48)36-34-32-29-13-11-9-7-2/h9,11,29,32,41-42H,6-8,10,12-28,30-31,33-40H2,1-5H3/b11-9+,32-29+. The molecule has 2 atom stereocenters. The highest BCUT2D eigenvalue weighted by atomic mass is 16.6. The van der Waals surface area contributed by atoms with Gasteiger partial charge in [0.1, 0.15) is 12.6 Å². The van der Waals surface area contributed by atoms with Crippen LogP contribution in [0.25, 0.3) is 0 Å². The topological polar surface area (TPSA) is 102 Å². The van der Waals surface area contributed by atoms with Crippen molar-refractivity contribution < 1.29 is 38.2 Å². The fourth-order valence-electron chi connectivity index (χ4n) is 6.48. The number of likely N-dealkylation sites (N-methyl/N-ethyl adjacent to an activating group) is 1. The van der Waals surface area contributed by atoms with Crippen LogP contribution in [-0.2, 0) is 28.6 Å². The molecule has 8 nitrogen and oxygen atoms in total. The number of rotatable bonds is 39. The second-order valence-electron chi connectivity index (χ2n) is 15.9. The first-order valence-corrected chi connectivity index (χ1v) is 21.9. The summed E-state index contributed by atoms with van der Waals surface area (Å²) >= 11 is 0. The highest BCUT2D eigenvalue weighted by Crippen LogP contribution is 2.16. The predicted octanol–water partition coefficient (Wildman–Crippen LogP) is 10.4. The third-order valence-electron chi connectivity index (χ3n) is 9.87. The fourth-order valence-corrected chi connectivity index (χ4v) is 6.48. The Balaban J connectivity index is 4.09. The van der Waals surface area contributed by atoms with E-state index in [0.717, 1.165) is 32.1 Å². The minimum absolute atomic E-state index is 0.0208. The Kier molecular flexibility index (Phi) is 35.2. The van der Waals surface area contributed by atoms with Crippen molar-refractivity contribution in [1.29, 1.82) is 0 Å². The molecule has 0 aromatic heterocycles. The molecule has 0 aliphatic heterocycles. The monoisotopic (exact) mass is 750 g/mol. The Morgan fingerprint density at radius 2 is 1.06 bits per heavy atom. The van der Waals surface area contributed by atoms with Gasteiger partial charge in [-0.15, -0.1) is 0 Å². The molecule has 8 heteroatoms. The smallest absolute Gasteiger partial charge is 0.306 e. The Morgan fingerprint density at radius 3 is 1.51 bits per heavy atom. The number of aliphatic carboxylic acids is 1. The second-order valence-corrected chi connectivity index (χ2v) is 15.9. The van der Waals surface area contributed by atoms with Crippen molar-refractivity contribution in [3.05, 3.63) is 24.3 Å². The quantitative estimate of drug-likeness (QED) is 0.0267. The first-order chi connectivity index (χ1) is 25.6. The molecular weight excluding hydrogens is 666 g/mol. The van der Waals surface area contributed by atoms with Crippen LogP contribution in [-0.4, -0.2) is 75.5 Å². The van der Waals surface area contributed by atoms with Gasteiger partial charge in [-0.3, -0.25) is 9.59 Å². The zero-order chi connectivity index (χ0) is 39.3. The van der Waals surface area contributed by atoms with Crippen molar-refractivity contribution in [2.75, 3.05) is 41.0 Å². The van der Waals surface area contributed by atoms with Crippen LogP contribution in [0.15, 0.2) is 24.3 Å². The lowest BCUT2D eigenvalue weighted by molar-refractivity contribution is -0.889. The van der Waals surface area contributed by atoms with Crippen LogP contribution in [0.3, 0.4) is 0 Å². The van der Waals surface area contributed by atoms with Crippen LogP contribution in [0.4, 0.5) is 0 Å². The van der Waals surface area contributed by atoms with Gasteiger partial charge in [-0.25, -0.2) is 0 Å². The molecule has 0 aliphatic carbocycles. The number of quaternary nitrogens is 1. The highest BCUT2D eigenvalue weighted by Gasteiger charge is 2.25. The average Bonchev–Trinajstić information content (AvgIpc) is 3.11. The molecule has 53 heavy (non-hydrogen) atoms. The van der Waals surface area contributed by atoms with Gasteiger partial charge in [0.05, 0.1) is 40.3 Å². The Labute approximate surface area is 326 Å². The van der Waals surface area contributed by atoms with Crippen LogP contribution < -0.4 is 5.11 Å². The summed E-state index contributed by atoms with van der Waals surface area (Å²) in [6.07, 6.45) is 39.8. The first kappa shape index (κ1) is 50.8. The van der Waals surface area contributed by atoms with Crippen LogP contribution in [0.5, 0.6) is 0 Å². The third-order valence-corrected chi connectivity index (χ3v) is 9.87. The maximum absolute atomic E-state index is 12.5. The third kappa shape index (κ3) is 35.3. The molecule has 0 heterocycles. The molecule has 0 rings (SSSR count). The van der Waals surface area contributed by atoms with Gasteiger partial charge >= 0.3 is 11.9 Å². The normalized spacial score (nSPS) is 13.2. The average molecular weight is 750 g/mol. The molecule has 0 spiro atoms. The number of nitrogens with zero attached hydrogens (tertiary/aromatic N) is 1. The number of hydrogen-bond donors (Lipinski definition) is 0. The van der Waals surface area contributed by atoms with E-state index in [0.29, 0.717) is 12.8 Å². The van der Waals surface area contributed by atoms with Gasteiger partial charge in [-0.2, -0.15) is 0 Å². The van der Waals surface area contributed by atoms with E-state index < -0.39 is 18.1 Å². The number of carbonyl (C=O) groups is 3. The largest absolute Gasteiger partial charge is 0.544 e. The van der Waals surface area contributed by atoms with Crippen molar-refractivity contribution in [1.82, 2.24) is 0 Å². The lowest BCUT2D eigenvalue weighted by atomic mass is 10.0. The molecule has 0 aliphatic rings. The van der Waals surface area contributed by atoms with E-state index in [-0.39, 0.29) is 49.1 Å². The van der Waals surface area contributed by atoms with Crippen molar-refractivity contribution in [2.45, 2.75) is 206 Å². The Bertz CT molecular complexity index is 926. The number of hydrogen-bond acceptors (Lipinski definition) is 7. The number of esters is 2. The van der Waals surface area contributed by atoms with Crippen molar-refractivity contribution in [3.63, 3.8) is 0 Å². The van der Waals surface area contributed by atoms with Gasteiger partial charge < -0.3 is 28.6 Å². The van der Waals surface area contributed by atoms with Gasteiger partial charge in [-0.05, 0) is 25.7 Å². The number of carbonyl (C=O) groups excluding carboxylic acids is 3. The summed E-state index contributed by atoms with van der Waals surface area (Å²) in [5, 5.41) is 11.6. The number of ether oxygens (including phenoxy) is 3. The van der Waals surface area contributed by atoms with E-state index in [1.165, 1.54) is 122 Å². The predicted molar refractivity (Wildman–Crippen MR) is 217 cm³/mol. The molecule has 0 aromatic carbocycles. The molecule has 0 radical (unpaired) electrons. The fraction of sp³-hybridized carbons (Fsp3) is 0.844. The van der Waals surface area contributed by atoms with Gasteiger partial charge in [0, 0.05) is 19.3 Å². The molecular formula is C45H83NO7. The van der Waals surface area contributed by atoms with E-state index in [4.69, 9.17) is 14.2 Å². The molecule has 310 valence electrons. The van der Waals surface area contributed by atoms with Crippen LogP contribution in [0.2, 0.25) is 0 Å². The van der Waals surface area contributed by atoms with Gasteiger partial charge in [-0.1, -0.05) is 173 Å². The van der Waals surface area contributed by atoms with Crippen LogP contribution in [0.1, 0.15) is 194 Å². The molecule has 0 aromatic rings. The lowest BCUT2D eigenvalue weighted by Gasteiger charge is -2.34. The molecule has 0 amide bonds. The number of carboxylic acid groups (broad SMARTS) is 1. The lowest BCUT2D eigenvalue weighted by Crippen LogP contribution is -2.55. The van der Waals surface area contributed by atoms with E-state index in [9.17, 15) is 19.5 Å². The summed E-state index contributed by atoms with van der Waals surface area (Å²) in [6.45, 7) is 4.46. The summed E-state index contributed by atoms with van der Waals surface area (Å²) < 4.78 is 17.0. The maximum Gasteiger partial charge on any atom is 0.306 e. The van der Waals surface area contributed by atoms with E-state index in [2.05, 4.69) is 26.0 Å². The van der Waals surface area contributed by atoms with Crippen LogP contribution >= 0.6 is 0 Å². The molecule has 0 N–H and O–H groups in total. The van der Waals surface area contributed by atoms with Crippen molar-refractivity contribution >= 4 is 17.9 Å². The first-order valence-electron chi connectivity index (χ1n) is 21.9. The summed E-state index contributed by atoms with van der Waals surface area (Å²) in [7, 11) is 5.38. The van der Waals surface area contributed by atoms with Crippen molar-refractivity contribution in [2.24, 2.45) is 0 Å². The molecule has 0 saturated heterocycles.